The zero-order valence-corrected chi connectivity index (χ0v) is 62.6. The minimum Gasteiger partial charge on any atom is -0.507 e. The van der Waals surface area contributed by atoms with Gasteiger partial charge in [-0.15, -0.1) is 0 Å². The van der Waals surface area contributed by atoms with Crippen LogP contribution in [0.3, 0.4) is 0 Å². The monoisotopic (exact) mass is 1510 g/mol. The molecule has 5 aliphatic rings. The number of benzene rings is 8. The molecule has 100 heavy (non-hydrogen) atoms. The molecule has 0 radical (unpaired) electrons. The number of fused-ring (bicyclic) bond motifs is 8. The Balaban J connectivity index is 1.14. The first-order chi connectivity index (χ1) is 47.1. The topological polar surface area (TPSA) is 273 Å². The lowest BCUT2D eigenvalue weighted by atomic mass is 9.74. The molecule has 4 saturated heterocycles. The van der Waals surface area contributed by atoms with Crippen molar-refractivity contribution in [3.63, 3.8) is 0 Å². The van der Waals surface area contributed by atoms with Gasteiger partial charge >= 0.3 is 26.9 Å². The molecule has 8 aromatic carbocycles. The van der Waals surface area contributed by atoms with E-state index in [4.69, 9.17) is 102 Å². The second-order valence-corrected chi connectivity index (χ2v) is 40.5. The van der Waals surface area contributed by atoms with E-state index in [2.05, 4.69) is 0 Å². The third-order valence-corrected chi connectivity index (χ3v) is 26.5. The Labute approximate surface area is 600 Å². The van der Waals surface area contributed by atoms with Gasteiger partial charge in [-0.05, 0) is 48.5 Å². The van der Waals surface area contributed by atoms with Crippen LogP contribution in [0.2, 0.25) is 0 Å². The number of rotatable bonds is 12. The van der Waals surface area contributed by atoms with Crippen LogP contribution in [0, 0.1) is 21.7 Å². The molecule has 8 aromatic rings. The van der Waals surface area contributed by atoms with Crippen LogP contribution in [0.5, 0.6) is 69.0 Å². The van der Waals surface area contributed by atoms with Gasteiger partial charge in [0.25, 0.3) is 0 Å². The van der Waals surface area contributed by atoms with Gasteiger partial charge in [0.1, 0.15) is 69.0 Å². The summed E-state index contributed by atoms with van der Waals surface area (Å²) in [5, 5.41) is 103. The lowest BCUT2D eigenvalue weighted by Crippen LogP contribution is -2.30. The van der Waals surface area contributed by atoms with Gasteiger partial charge in [-0.3, -0.25) is 36.2 Å². The first-order valence-electron chi connectivity index (χ1n) is 32.1. The summed E-state index contributed by atoms with van der Waals surface area (Å²) in [5.74, 6) is -9.46. The van der Waals surface area contributed by atoms with E-state index in [0.717, 1.165) is 24.3 Å². The zero-order valence-electron chi connectivity index (χ0n) is 55.7. The summed E-state index contributed by atoms with van der Waals surface area (Å²) < 4.78 is 77.0. The summed E-state index contributed by atoms with van der Waals surface area (Å²) in [7, 11) is 0. The van der Waals surface area contributed by atoms with E-state index in [9.17, 15) is 40.9 Å². The number of hydrogen-bond donors (Lipinski definition) is 8. The number of hydrogen-bond acceptors (Lipinski definition) is 24. The van der Waals surface area contributed by atoms with E-state index >= 15 is 0 Å². The average Bonchev–Trinajstić information content (AvgIpc) is 0.735. The first kappa shape index (κ1) is 72.0. The van der Waals surface area contributed by atoms with Crippen LogP contribution >= 0.6 is 26.9 Å². The van der Waals surface area contributed by atoms with E-state index in [1.54, 1.807) is 97.1 Å². The Bertz CT molecular complexity index is 4010. The fourth-order valence-electron chi connectivity index (χ4n) is 12.6. The van der Waals surface area contributed by atoms with Gasteiger partial charge in [-0.2, -0.15) is 0 Å². The maximum Gasteiger partial charge on any atom is 0.380 e. The van der Waals surface area contributed by atoms with E-state index in [1.165, 1.54) is 24.3 Å². The maximum absolute atomic E-state index is 12.9. The summed E-state index contributed by atoms with van der Waals surface area (Å²) in [6, 6.07) is 37.3. The Hall–Kier alpha value is -6.36. The third kappa shape index (κ3) is 14.8. The van der Waals surface area contributed by atoms with Gasteiger partial charge in [-0.1, -0.05) is 128 Å². The van der Waals surface area contributed by atoms with Crippen molar-refractivity contribution in [3.05, 3.63) is 212 Å². The highest BCUT2D eigenvalue weighted by atomic mass is 32.5. The molecule has 8 bridgehead atoms. The van der Waals surface area contributed by atoms with E-state index in [1.807, 2.05) is 55.4 Å². The number of phenols is 8. The average molecular weight is 1510 g/mol. The highest BCUT2D eigenvalue weighted by Crippen LogP contribution is 2.64. The van der Waals surface area contributed by atoms with Crippen molar-refractivity contribution in [3.8, 4) is 69.0 Å². The Morgan fingerprint density at radius 1 is 0.260 bits per heavy atom. The summed E-state index contributed by atoms with van der Waals surface area (Å²) in [4.78, 5) is 0. The van der Waals surface area contributed by atoms with Crippen molar-refractivity contribution in [1.82, 2.24) is 0 Å². The molecule has 4 heterocycles. The van der Waals surface area contributed by atoms with Crippen LogP contribution in [0.4, 0.5) is 0 Å². The minimum atomic E-state index is -3.62. The van der Waals surface area contributed by atoms with Crippen LogP contribution in [-0.2, 0) is 83.4 Å². The fraction of sp³-hybridized carbons (Fsp3) is 0.333. The largest absolute Gasteiger partial charge is 0.507 e. The minimum absolute atomic E-state index is 0.00959. The molecule has 20 nitrogen and oxygen atoms in total. The molecule has 1 aliphatic carbocycles. The molecule has 0 unspecified atom stereocenters. The van der Waals surface area contributed by atoms with Gasteiger partial charge in [0.2, 0.25) is 0 Å². The first-order valence-corrected chi connectivity index (χ1v) is 42.3. The SMILES string of the molecule is CC1(C)COP(=S)(Oc2ccccc2C2c3cc(c(O)cc3O)C(c3ccccc3OP3(=S)OCC(C)(C)CO3)c3cc(c(O)cc3O)C(c3ccccc3OP3(=S)OCC(C)(C)CO3)c3cc(c(O)cc3O)C(c3ccccc3OP3(=S)OCC(C)(C)CO3)c3cc2c(O)cc3O)OC1. The van der Waals surface area contributed by atoms with Crippen molar-refractivity contribution >= 4 is 74.1 Å². The van der Waals surface area contributed by atoms with Crippen LogP contribution < -0.4 is 18.1 Å². The van der Waals surface area contributed by atoms with Crippen molar-refractivity contribution in [2.75, 3.05) is 52.9 Å². The Kier molecular flexibility index (Phi) is 19.5. The van der Waals surface area contributed by atoms with Crippen LogP contribution in [-0.4, -0.2) is 93.7 Å². The molecular weight excluding hydrogens is 1440 g/mol. The summed E-state index contributed by atoms with van der Waals surface area (Å²) in [6.45, 7) is 2.68. The molecule has 0 saturated carbocycles. The number of para-hydroxylation sites is 4. The molecular formula is C72H76O20P4S4. The van der Waals surface area contributed by atoms with Gasteiger partial charge in [0, 0.05) is 184 Å². The quantitative estimate of drug-likeness (QED) is 0.0528. The predicted molar refractivity (Wildman–Crippen MR) is 391 cm³/mol. The fourth-order valence-corrected chi connectivity index (χ4v) is 21.2. The van der Waals surface area contributed by atoms with Crippen molar-refractivity contribution in [2.24, 2.45) is 21.7 Å². The summed E-state index contributed by atoms with van der Waals surface area (Å²) in [5.41, 5.74) is -0.802. The molecule has 0 atom stereocenters. The molecule has 8 N–H and O–H groups in total. The smallest absolute Gasteiger partial charge is 0.380 e. The van der Waals surface area contributed by atoms with Crippen LogP contribution in [0.25, 0.3) is 0 Å². The zero-order chi connectivity index (χ0) is 71.3. The van der Waals surface area contributed by atoms with Crippen molar-refractivity contribution in [2.45, 2.75) is 79.1 Å². The molecule has 528 valence electrons. The summed E-state index contributed by atoms with van der Waals surface area (Å²) >= 11 is 24.3. The molecule has 4 fully saturated rings. The van der Waals surface area contributed by atoms with Gasteiger partial charge in [-0.25, -0.2) is 0 Å². The Morgan fingerprint density at radius 2 is 0.410 bits per heavy atom. The predicted octanol–water partition coefficient (Wildman–Crippen LogP) is 17.1. The van der Waals surface area contributed by atoms with Crippen LogP contribution in [0.1, 0.15) is 146 Å². The maximum atomic E-state index is 12.9. The van der Waals surface area contributed by atoms with Crippen molar-refractivity contribution in [1.29, 1.82) is 0 Å². The molecule has 0 amide bonds. The standard InChI is InChI=1S/C72H76O20P4S4/c1-69(2)33-81-93(97,82-34-69)89-61-21-13-9-17-41(61)65-45-25-47(55(75)29-53(45)73)66(42-18-10-14-22-62(42)90-94(98)83-35-70(3,4)36-84-94)49-27-51(59(79)31-57(49)77)68(44-20-12-16-24-64(44)92-96(100)87-39-72(7,8)40-88-96)52-28-50(58(78)32-60(52)80)67(48-26-46(65)54(74)30-56(48)76)43-19-11-15-23-63(43)91-95(99)85-37-71(5,6)38-86-95/h9-32,65-68,73-80H,33-40H2,1-8H3. The lowest BCUT2D eigenvalue weighted by molar-refractivity contribution is 0.0404. The van der Waals surface area contributed by atoms with E-state index in [-0.39, 0.29) is 143 Å². The second kappa shape index (κ2) is 27.0. The van der Waals surface area contributed by atoms with Crippen molar-refractivity contribution < 1.29 is 95.1 Å². The normalized spacial score (nSPS) is 22.9. The number of aromatic hydroxyl groups is 8. The van der Waals surface area contributed by atoms with Gasteiger partial charge in [0.05, 0.1) is 52.9 Å². The lowest BCUT2D eigenvalue weighted by Gasteiger charge is -2.36. The van der Waals surface area contributed by atoms with Gasteiger partial charge < -0.3 is 58.9 Å². The molecule has 28 heteroatoms. The van der Waals surface area contributed by atoms with E-state index < -0.39 is 118 Å². The number of phenolic OH excluding ortho intramolecular Hbond substituents is 8. The summed E-state index contributed by atoms with van der Waals surface area (Å²) in [6.07, 6.45) is 0. The highest BCUT2D eigenvalue weighted by molar-refractivity contribution is 8.08. The van der Waals surface area contributed by atoms with E-state index in [0.29, 0.717) is 0 Å². The molecule has 13 rings (SSSR count). The van der Waals surface area contributed by atoms with Gasteiger partial charge in [0.15, 0.2) is 0 Å². The Morgan fingerprint density at radius 3 is 0.570 bits per heavy atom. The van der Waals surface area contributed by atoms with Crippen LogP contribution in [0.15, 0.2) is 146 Å². The third-order valence-electron chi connectivity index (χ3n) is 17.9. The molecule has 4 aliphatic heterocycles. The second-order valence-electron chi connectivity index (χ2n) is 28.8. The molecule has 0 aromatic heterocycles. The molecule has 0 spiro atoms. The highest BCUT2D eigenvalue weighted by Gasteiger charge is 2.44.